The molecule has 0 saturated carbocycles. The molecule has 11 heteroatoms. The number of anilines is 1. The Morgan fingerprint density at radius 2 is 2.04 bits per heavy atom. The number of rotatable bonds is 2. The van der Waals surface area contributed by atoms with Gasteiger partial charge in [-0.25, -0.2) is 19.7 Å². The quantitative estimate of drug-likeness (QED) is 0.762. The van der Waals surface area contributed by atoms with Gasteiger partial charge in [0.25, 0.3) is 0 Å². The molecule has 0 unspecified atom stereocenters. The van der Waals surface area contributed by atoms with Crippen LogP contribution in [0.2, 0.25) is 15.3 Å². The highest BCUT2D eigenvalue weighted by Gasteiger charge is 2.30. The SMILES string of the molecule is C[C@@H]1CN(C(=O)O)CCN1c1nc(-c2scnc2Cl)nc(Cl)c1Cl. The van der Waals surface area contributed by atoms with Crippen molar-refractivity contribution in [2.45, 2.75) is 13.0 Å². The standard InChI is InChI=1S/C13H12Cl3N5O2S/c1-6-4-20(13(22)23)2-3-21(6)12-7(14)9(15)18-11(19-12)8-10(16)17-5-24-8/h5-6H,2-4H2,1H3,(H,22,23)/t6-/m1/s1. The Labute approximate surface area is 156 Å². The van der Waals surface area contributed by atoms with Crippen LogP contribution in [0.25, 0.3) is 10.7 Å². The number of amides is 1. The van der Waals surface area contributed by atoms with E-state index in [-0.39, 0.29) is 16.2 Å². The lowest BCUT2D eigenvalue weighted by Gasteiger charge is -2.39. The molecule has 1 N–H and O–H groups in total. The number of piperazine rings is 1. The summed E-state index contributed by atoms with van der Waals surface area (Å²) in [5.74, 6) is 0.813. The van der Waals surface area contributed by atoms with E-state index < -0.39 is 6.09 Å². The van der Waals surface area contributed by atoms with Crippen molar-refractivity contribution in [3.05, 3.63) is 20.8 Å². The van der Waals surface area contributed by atoms with Crippen molar-refractivity contribution in [3.8, 4) is 10.7 Å². The second kappa shape index (κ2) is 6.87. The van der Waals surface area contributed by atoms with E-state index in [4.69, 9.17) is 39.9 Å². The van der Waals surface area contributed by atoms with Crippen LogP contribution in [0.5, 0.6) is 0 Å². The molecule has 0 radical (unpaired) electrons. The predicted octanol–water partition coefficient (Wildman–Crippen LogP) is 3.75. The van der Waals surface area contributed by atoms with Gasteiger partial charge in [-0.05, 0) is 6.92 Å². The lowest BCUT2D eigenvalue weighted by molar-refractivity contribution is 0.136. The first-order valence-electron chi connectivity index (χ1n) is 6.95. The molecule has 3 rings (SSSR count). The number of hydrogen-bond acceptors (Lipinski definition) is 6. The third-order valence-electron chi connectivity index (χ3n) is 3.69. The molecule has 0 bridgehead atoms. The average Bonchev–Trinajstić information content (AvgIpc) is 2.96. The molecule has 1 amide bonds. The van der Waals surface area contributed by atoms with Crippen molar-refractivity contribution in [1.82, 2.24) is 19.9 Å². The number of nitrogens with zero attached hydrogens (tertiary/aromatic N) is 5. The zero-order chi connectivity index (χ0) is 17.4. The number of carbonyl (C=O) groups is 1. The highest BCUT2D eigenvalue weighted by atomic mass is 35.5. The summed E-state index contributed by atoms with van der Waals surface area (Å²) >= 11 is 19.8. The molecule has 7 nitrogen and oxygen atoms in total. The van der Waals surface area contributed by atoms with Gasteiger partial charge >= 0.3 is 6.09 Å². The van der Waals surface area contributed by atoms with Crippen LogP contribution in [-0.2, 0) is 0 Å². The number of halogens is 3. The first kappa shape index (κ1) is 17.5. The Morgan fingerprint density at radius 3 is 2.62 bits per heavy atom. The normalized spacial score (nSPS) is 18.1. The summed E-state index contributed by atoms with van der Waals surface area (Å²) in [6, 6.07) is -0.108. The summed E-state index contributed by atoms with van der Waals surface area (Å²) in [5, 5.41) is 9.78. The molecule has 1 saturated heterocycles. The fourth-order valence-electron chi connectivity index (χ4n) is 2.52. The highest BCUT2D eigenvalue weighted by Crippen LogP contribution is 2.36. The van der Waals surface area contributed by atoms with Crippen LogP contribution in [0, 0.1) is 0 Å². The monoisotopic (exact) mass is 407 g/mol. The van der Waals surface area contributed by atoms with Gasteiger partial charge in [0, 0.05) is 25.7 Å². The molecular formula is C13H12Cl3N5O2S. The van der Waals surface area contributed by atoms with Crippen molar-refractivity contribution in [2.24, 2.45) is 0 Å². The third kappa shape index (κ3) is 3.23. The molecule has 1 fully saturated rings. The Balaban J connectivity index is 1.98. The lowest BCUT2D eigenvalue weighted by atomic mass is 10.2. The molecule has 1 aliphatic heterocycles. The van der Waals surface area contributed by atoms with Gasteiger partial charge in [0.05, 0.1) is 5.51 Å². The van der Waals surface area contributed by atoms with Crippen LogP contribution in [0.1, 0.15) is 6.92 Å². The minimum atomic E-state index is -0.939. The molecule has 2 aromatic rings. The van der Waals surface area contributed by atoms with Crippen LogP contribution in [-0.4, -0.2) is 56.7 Å². The molecular weight excluding hydrogens is 397 g/mol. The van der Waals surface area contributed by atoms with Gasteiger partial charge in [0.1, 0.15) is 9.90 Å². The van der Waals surface area contributed by atoms with E-state index in [0.717, 1.165) is 0 Å². The fraction of sp³-hybridized carbons (Fsp3) is 0.385. The van der Waals surface area contributed by atoms with Crippen LogP contribution in [0.3, 0.4) is 0 Å². The maximum Gasteiger partial charge on any atom is 0.407 e. The Bertz CT molecular complexity index is 787. The van der Waals surface area contributed by atoms with Gasteiger partial charge in [-0.15, -0.1) is 11.3 Å². The highest BCUT2D eigenvalue weighted by molar-refractivity contribution is 7.13. The van der Waals surface area contributed by atoms with E-state index in [0.29, 0.717) is 41.3 Å². The molecule has 128 valence electrons. The molecule has 24 heavy (non-hydrogen) atoms. The molecule has 0 aromatic carbocycles. The van der Waals surface area contributed by atoms with Crippen molar-refractivity contribution in [1.29, 1.82) is 0 Å². The van der Waals surface area contributed by atoms with E-state index in [1.807, 2.05) is 11.8 Å². The molecule has 0 aliphatic carbocycles. The minimum Gasteiger partial charge on any atom is -0.465 e. The fourth-order valence-corrected chi connectivity index (χ4v) is 3.82. The maximum absolute atomic E-state index is 11.1. The Morgan fingerprint density at radius 1 is 1.29 bits per heavy atom. The number of thiazole rings is 1. The van der Waals surface area contributed by atoms with Gasteiger partial charge in [-0.1, -0.05) is 34.8 Å². The van der Waals surface area contributed by atoms with Gasteiger partial charge < -0.3 is 14.9 Å². The van der Waals surface area contributed by atoms with Crippen molar-refractivity contribution < 1.29 is 9.90 Å². The second-order valence-electron chi connectivity index (χ2n) is 5.22. The van der Waals surface area contributed by atoms with E-state index in [1.54, 1.807) is 5.51 Å². The van der Waals surface area contributed by atoms with Crippen molar-refractivity contribution in [2.75, 3.05) is 24.5 Å². The Kier molecular flexibility index (Phi) is 5.00. The van der Waals surface area contributed by atoms with E-state index in [2.05, 4.69) is 15.0 Å². The van der Waals surface area contributed by atoms with Crippen LogP contribution in [0.15, 0.2) is 5.51 Å². The van der Waals surface area contributed by atoms with Gasteiger partial charge in [-0.2, -0.15) is 0 Å². The minimum absolute atomic E-state index is 0.108. The van der Waals surface area contributed by atoms with E-state index >= 15 is 0 Å². The topological polar surface area (TPSA) is 82.5 Å². The summed E-state index contributed by atoms with van der Waals surface area (Å²) in [7, 11) is 0. The van der Waals surface area contributed by atoms with Crippen molar-refractivity contribution >= 4 is 58.1 Å². The van der Waals surface area contributed by atoms with Gasteiger partial charge in [0.15, 0.2) is 21.9 Å². The number of hydrogen-bond donors (Lipinski definition) is 1. The summed E-state index contributed by atoms with van der Waals surface area (Å²) in [5.41, 5.74) is 1.59. The van der Waals surface area contributed by atoms with Crippen LogP contribution < -0.4 is 4.90 Å². The van der Waals surface area contributed by atoms with Gasteiger partial charge in [-0.3, -0.25) is 0 Å². The first-order chi connectivity index (χ1) is 11.4. The first-order valence-corrected chi connectivity index (χ1v) is 8.96. The molecule has 1 aliphatic rings. The third-order valence-corrected chi connectivity index (χ3v) is 5.63. The van der Waals surface area contributed by atoms with Crippen molar-refractivity contribution in [3.63, 3.8) is 0 Å². The average molecular weight is 409 g/mol. The zero-order valence-electron chi connectivity index (χ0n) is 12.4. The lowest BCUT2D eigenvalue weighted by Crippen LogP contribution is -2.53. The molecule has 0 spiro atoms. The molecule has 3 heterocycles. The molecule has 2 aromatic heterocycles. The van der Waals surface area contributed by atoms with Gasteiger partial charge in [0.2, 0.25) is 0 Å². The smallest absolute Gasteiger partial charge is 0.407 e. The number of aromatic nitrogens is 3. The Hall–Kier alpha value is -1.35. The maximum atomic E-state index is 11.1. The number of carboxylic acid groups (broad SMARTS) is 1. The second-order valence-corrected chi connectivity index (χ2v) is 7.17. The largest absolute Gasteiger partial charge is 0.465 e. The van der Waals surface area contributed by atoms with Crippen LogP contribution >= 0.6 is 46.1 Å². The zero-order valence-corrected chi connectivity index (χ0v) is 15.5. The summed E-state index contributed by atoms with van der Waals surface area (Å²) in [4.78, 5) is 27.7. The predicted molar refractivity (Wildman–Crippen MR) is 94.6 cm³/mol. The van der Waals surface area contributed by atoms with E-state index in [1.165, 1.54) is 16.2 Å². The summed E-state index contributed by atoms with van der Waals surface area (Å²) < 4.78 is 0. The summed E-state index contributed by atoms with van der Waals surface area (Å²) in [6.45, 7) is 3.06. The van der Waals surface area contributed by atoms with E-state index in [9.17, 15) is 4.79 Å². The summed E-state index contributed by atoms with van der Waals surface area (Å²) in [6.07, 6.45) is -0.939. The van der Waals surface area contributed by atoms with Crippen LogP contribution in [0.4, 0.5) is 10.6 Å². The molecule has 1 atom stereocenters.